The van der Waals surface area contributed by atoms with Crippen molar-refractivity contribution in [3.05, 3.63) is 0 Å². The molecule has 0 saturated carbocycles. The third-order valence-electron chi connectivity index (χ3n) is 2.46. The molecule has 4 nitrogen and oxygen atoms in total. The van der Waals surface area contributed by atoms with Gasteiger partial charge in [-0.25, -0.2) is 4.79 Å². The summed E-state index contributed by atoms with van der Waals surface area (Å²) in [6.07, 6.45) is 1.35. The molecule has 0 radical (unpaired) electrons. The Hall–Kier alpha value is -0.770. The molecule has 4 heteroatoms. The van der Waals surface area contributed by atoms with Crippen LogP contribution < -0.4 is 0 Å². The van der Waals surface area contributed by atoms with E-state index in [1.54, 1.807) is 0 Å². The van der Waals surface area contributed by atoms with Gasteiger partial charge in [-0.3, -0.25) is 0 Å². The number of hydrogen-bond acceptors (Lipinski definition) is 4. The van der Waals surface area contributed by atoms with Gasteiger partial charge in [-0.1, -0.05) is 13.8 Å². The van der Waals surface area contributed by atoms with Crippen molar-refractivity contribution >= 4 is 6.16 Å². The van der Waals surface area contributed by atoms with Gasteiger partial charge < -0.3 is 14.4 Å². The number of piperidine rings is 1. The summed E-state index contributed by atoms with van der Waals surface area (Å²) in [5, 5.41) is 0. The maximum Gasteiger partial charge on any atom is 0.508 e. The lowest BCUT2D eigenvalue weighted by Gasteiger charge is -2.28. The molecule has 0 aliphatic carbocycles. The molecular formula is C11H21NO3. The first-order valence-electron chi connectivity index (χ1n) is 5.60. The van der Waals surface area contributed by atoms with Crippen molar-refractivity contribution in [2.45, 2.75) is 32.8 Å². The minimum Gasteiger partial charge on any atom is -0.434 e. The highest BCUT2D eigenvalue weighted by atomic mass is 16.7. The third-order valence-corrected chi connectivity index (χ3v) is 2.46. The van der Waals surface area contributed by atoms with Crippen molar-refractivity contribution in [3.8, 4) is 0 Å². The molecule has 1 saturated heterocycles. The average Bonchev–Trinajstić information content (AvgIpc) is 2.19. The van der Waals surface area contributed by atoms with E-state index in [9.17, 15) is 4.79 Å². The quantitative estimate of drug-likeness (QED) is 0.674. The van der Waals surface area contributed by atoms with Gasteiger partial charge in [0.1, 0.15) is 6.10 Å². The van der Waals surface area contributed by atoms with Gasteiger partial charge in [0.15, 0.2) is 0 Å². The molecule has 1 aliphatic rings. The first-order chi connectivity index (χ1) is 7.08. The van der Waals surface area contributed by atoms with E-state index in [0.29, 0.717) is 12.5 Å². The van der Waals surface area contributed by atoms with Gasteiger partial charge in [-0.05, 0) is 25.8 Å². The Morgan fingerprint density at radius 2 is 2.00 bits per heavy atom. The molecule has 15 heavy (non-hydrogen) atoms. The monoisotopic (exact) mass is 215 g/mol. The second-order valence-electron chi connectivity index (χ2n) is 4.58. The molecule has 1 aliphatic heterocycles. The van der Waals surface area contributed by atoms with E-state index in [-0.39, 0.29) is 6.10 Å². The molecule has 0 unspecified atom stereocenters. The Balaban J connectivity index is 2.15. The van der Waals surface area contributed by atoms with Crippen molar-refractivity contribution in [2.24, 2.45) is 5.92 Å². The van der Waals surface area contributed by atoms with Crippen LogP contribution in [0.25, 0.3) is 0 Å². The van der Waals surface area contributed by atoms with Crippen molar-refractivity contribution < 1.29 is 14.3 Å². The highest BCUT2D eigenvalue weighted by Crippen LogP contribution is 2.12. The zero-order valence-electron chi connectivity index (χ0n) is 9.86. The predicted molar refractivity (Wildman–Crippen MR) is 57.8 cm³/mol. The Kier molecular flexibility index (Phi) is 4.88. The summed E-state index contributed by atoms with van der Waals surface area (Å²) < 4.78 is 10.2. The molecular weight excluding hydrogens is 194 g/mol. The second kappa shape index (κ2) is 5.95. The van der Waals surface area contributed by atoms with Crippen LogP contribution in [0.2, 0.25) is 0 Å². The largest absolute Gasteiger partial charge is 0.508 e. The molecule has 0 aromatic carbocycles. The fourth-order valence-electron chi connectivity index (χ4n) is 1.51. The third kappa shape index (κ3) is 5.02. The highest BCUT2D eigenvalue weighted by Gasteiger charge is 2.20. The maximum atomic E-state index is 11.2. The lowest BCUT2D eigenvalue weighted by atomic mass is 10.1. The summed E-state index contributed by atoms with van der Waals surface area (Å²) in [7, 11) is 2.08. The van der Waals surface area contributed by atoms with Crippen LogP contribution in [0.1, 0.15) is 26.7 Å². The van der Waals surface area contributed by atoms with E-state index in [1.807, 2.05) is 13.8 Å². The Labute approximate surface area is 91.5 Å². The summed E-state index contributed by atoms with van der Waals surface area (Å²) in [4.78, 5) is 13.5. The number of rotatable bonds is 3. The topological polar surface area (TPSA) is 38.8 Å². The van der Waals surface area contributed by atoms with E-state index >= 15 is 0 Å². The number of carbonyl (C=O) groups is 1. The van der Waals surface area contributed by atoms with Gasteiger partial charge in [0, 0.05) is 13.1 Å². The number of hydrogen-bond donors (Lipinski definition) is 0. The molecule has 1 heterocycles. The molecule has 0 atom stereocenters. The van der Waals surface area contributed by atoms with Gasteiger partial charge in [-0.15, -0.1) is 0 Å². The molecule has 1 fully saturated rings. The van der Waals surface area contributed by atoms with E-state index in [0.717, 1.165) is 25.9 Å². The van der Waals surface area contributed by atoms with Crippen molar-refractivity contribution in [3.63, 3.8) is 0 Å². The van der Waals surface area contributed by atoms with E-state index in [1.165, 1.54) is 0 Å². The summed E-state index contributed by atoms with van der Waals surface area (Å²) in [5.41, 5.74) is 0. The van der Waals surface area contributed by atoms with Crippen LogP contribution in [0, 0.1) is 5.92 Å². The van der Waals surface area contributed by atoms with E-state index < -0.39 is 6.16 Å². The molecule has 0 amide bonds. The van der Waals surface area contributed by atoms with Gasteiger partial charge in [0.25, 0.3) is 0 Å². The number of nitrogens with zero attached hydrogens (tertiary/aromatic N) is 1. The van der Waals surface area contributed by atoms with Crippen LogP contribution in [0.4, 0.5) is 4.79 Å². The molecule has 0 N–H and O–H groups in total. The van der Waals surface area contributed by atoms with E-state index in [4.69, 9.17) is 9.47 Å². The zero-order valence-corrected chi connectivity index (χ0v) is 9.86. The minimum absolute atomic E-state index is 0.0425. The lowest BCUT2D eigenvalue weighted by molar-refractivity contribution is -0.00155. The number of carbonyl (C=O) groups excluding carboxylic acids is 1. The van der Waals surface area contributed by atoms with Gasteiger partial charge in [-0.2, -0.15) is 0 Å². The number of ether oxygens (including phenoxy) is 2. The second-order valence-corrected chi connectivity index (χ2v) is 4.58. The Morgan fingerprint density at radius 3 is 2.53 bits per heavy atom. The SMILES string of the molecule is CC(C)COC(=O)OC1CCN(C)CC1. The van der Waals surface area contributed by atoms with Gasteiger partial charge in [0.05, 0.1) is 6.61 Å². The Morgan fingerprint density at radius 1 is 1.40 bits per heavy atom. The molecule has 0 bridgehead atoms. The molecule has 0 aromatic rings. The molecule has 0 spiro atoms. The minimum atomic E-state index is -0.516. The fraction of sp³-hybridized carbons (Fsp3) is 0.909. The van der Waals surface area contributed by atoms with Crippen LogP contribution >= 0.6 is 0 Å². The smallest absolute Gasteiger partial charge is 0.434 e. The summed E-state index contributed by atoms with van der Waals surface area (Å²) in [6.45, 7) is 6.42. The van der Waals surface area contributed by atoms with E-state index in [2.05, 4.69) is 11.9 Å². The van der Waals surface area contributed by atoms with Crippen molar-refractivity contribution in [2.75, 3.05) is 26.7 Å². The van der Waals surface area contributed by atoms with Crippen LogP contribution in [-0.2, 0) is 9.47 Å². The van der Waals surface area contributed by atoms with Crippen LogP contribution in [-0.4, -0.2) is 43.9 Å². The molecule has 1 rings (SSSR count). The van der Waals surface area contributed by atoms with Crippen LogP contribution in [0.3, 0.4) is 0 Å². The summed E-state index contributed by atoms with van der Waals surface area (Å²) >= 11 is 0. The van der Waals surface area contributed by atoms with Gasteiger partial charge in [0.2, 0.25) is 0 Å². The highest BCUT2D eigenvalue weighted by molar-refractivity contribution is 5.60. The molecule has 0 aromatic heterocycles. The standard InChI is InChI=1S/C11H21NO3/c1-9(2)8-14-11(13)15-10-4-6-12(3)7-5-10/h9-10H,4-8H2,1-3H3. The average molecular weight is 215 g/mol. The fourth-order valence-corrected chi connectivity index (χ4v) is 1.51. The van der Waals surface area contributed by atoms with Gasteiger partial charge >= 0.3 is 6.16 Å². The maximum absolute atomic E-state index is 11.2. The van der Waals surface area contributed by atoms with Crippen molar-refractivity contribution in [1.29, 1.82) is 0 Å². The zero-order chi connectivity index (χ0) is 11.3. The first kappa shape index (κ1) is 12.3. The summed E-state index contributed by atoms with van der Waals surface area (Å²) in [5.74, 6) is 0.357. The Bertz CT molecular complexity index is 198. The lowest BCUT2D eigenvalue weighted by Crippen LogP contribution is -2.35. The molecule has 88 valence electrons. The first-order valence-corrected chi connectivity index (χ1v) is 5.60. The van der Waals surface area contributed by atoms with Crippen LogP contribution in [0.15, 0.2) is 0 Å². The van der Waals surface area contributed by atoms with Crippen molar-refractivity contribution in [1.82, 2.24) is 4.90 Å². The summed E-state index contributed by atoms with van der Waals surface area (Å²) in [6, 6.07) is 0. The predicted octanol–water partition coefficient (Wildman–Crippen LogP) is 1.89. The normalized spacial score (nSPS) is 19.2. The number of likely N-dealkylation sites (tertiary alicyclic amines) is 1. The van der Waals surface area contributed by atoms with Crippen LogP contribution in [0.5, 0.6) is 0 Å².